The molecule has 1 heterocycles. The molecule has 172 valence electrons. The summed E-state index contributed by atoms with van der Waals surface area (Å²) in [6.45, 7) is 5.59. The van der Waals surface area contributed by atoms with Crippen LogP contribution in [-0.4, -0.2) is 58.5 Å². The fourth-order valence-corrected chi connectivity index (χ4v) is 3.72. The van der Waals surface area contributed by atoms with E-state index >= 15 is 0 Å². The number of benzene rings is 1. The van der Waals surface area contributed by atoms with Gasteiger partial charge in [-0.15, -0.1) is 11.8 Å². The fourth-order valence-electron chi connectivity index (χ4n) is 2.80. The number of aryl methyl sites for hydroxylation is 1. The molecule has 0 aliphatic heterocycles. The van der Waals surface area contributed by atoms with Crippen LogP contribution < -0.4 is 9.46 Å². The molecule has 7 nitrogen and oxygen atoms in total. The molecular weight excluding hydrogens is 444 g/mol. The maximum Gasteiger partial charge on any atom is 0.279 e. The quantitative estimate of drug-likeness (QED) is 0.285. The van der Waals surface area contributed by atoms with E-state index in [9.17, 15) is 9.00 Å². The van der Waals surface area contributed by atoms with Gasteiger partial charge in [0, 0.05) is 31.2 Å². The lowest BCUT2D eigenvalue weighted by Crippen LogP contribution is -2.26. The Morgan fingerprint density at radius 2 is 1.97 bits per heavy atom. The van der Waals surface area contributed by atoms with Crippen LogP contribution in [0.5, 0.6) is 5.75 Å². The molecule has 0 aliphatic rings. The van der Waals surface area contributed by atoms with Gasteiger partial charge in [0.25, 0.3) is 5.91 Å². The molecule has 0 bridgehead atoms. The van der Waals surface area contributed by atoms with Crippen LogP contribution in [0.25, 0.3) is 5.70 Å². The van der Waals surface area contributed by atoms with Gasteiger partial charge in [0.05, 0.1) is 35.2 Å². The molecule has 0 saturated heterocycles. The summed E-state index contributed by atoms with van der Waals surface area (Å²) < 4.78 is 19.8. The van der Waals surface area contributed by atoms with Crippen LogP contribution in [0, 0.1) is 6.92 Å². The highest BCUT2D eigenvalue weighted by molar-refractivity contribution is 8.01. The van der Waals surface area contributed by atoms with E-state index in [0.29, 0.717) is 31.7 Å². The number of carbonyl (C=O) groups is 1. The van der Waals surface area contributed by atoms with E-state index in [-0.39, 0.29) is 5.91 Å². The Morgan fingerprint density at radius 3 is 2.56 bits per heavy atom. The summed E-state index contributed by atoms with van der Waals surface area (Å²) in [5.74, 6) is 0.446. The minimum absolute atomic E-state index is 0.356. The molecule has 1 amide bonds. The lowest BCUT2D eigenvalue weighted by Gasteiger charge is -2.23. The highest BCUT2D eigenvalue weighted by Crippen LogP contribution is 2.24. The summed E-state index contributed by atoms with van der Waals surface area (Å²) in [4.78, 5) is 22.8. The summed E-state index contributed by atoms with van der Waals surface area (Å²) >= 11 is 1.57. The van der Waals surface area contributed by atoms with E-state index in [1.807, 2.05) is 54.7 Å². The molecule has 9 heteroatoms. The number of carbonyl (C=O) groups excluding carboxylic acids is 1. The SMILES string of the molecule is CCOc1ccc(/C(=C/SC)N(C=NC(=O)c2ccc(C)nc2)CCCNS(C)=O)cc1. The zero-order chi connectivity index (χ0) is 23.3. The first-order chi connectivity index (χ1) is 15.4. The van der Waals surface area contributed by atoms with Crippen LogP contribution in [-0.2, 0) is 11.0 Å². The van der Waals surface area contributed by atoms with Gasteiger partial charge in [0.2, 0.25) is 0 Å². The molecular formula is C23H30N4O3S2. The standard InChI is InChI=1S/C23H30N4O3S2/c1-5-30-21-11-9-19(10-12-21)22(16-31-3)27(14-6-13-26-32(4)29)17-25-23(28)20-8-7-18(2)24-15-20/h7-12,15-17,26H,5-6,13-14H2,1-4H3/b22-16-,25-17?. The molecule has 1 aromatic carbocycles. The van der Waals surface area contributed by atoms with Crippen molar-refractivity contribution in [2.45, 2.75) is 20.3 Å². The first-order valence-electron chi connectivity index (χ1n) is 10.3. The third-order valence-corrected chi connectivity index (χ3v) is 5.42. The number of nitrogens with zero attached hydrogens (tertiary/aromatic N) is 3. The minimum Gasteiger partial charge on any atom is -0.494 e. The van der Waals surface area contributed by atoms with Gasteiger partial charge in [-0.3, -0.25) is 9.78 Å². The Morgan fingerprint density at radius 1 is 1.25 bits per heavy atom. The average Bonchev–Trinajstić information content (AvgIpc) is 2.78. The number of amides is 1. The first kappa shape index (κ1) is 25.8. The van der Waals surface area contributed by atoms with Crippen molar-refractivity contribution >= 4 is 40.7 Å². The van der Waals surface area contributed by atoms with Crippen molar-refractivity contribution in [1.29, 1.82) is 0 Å². The second kappa shape index (κ2) is 13.8. The second-order valence-electron chi connectivity index (χ2n) is 6.83. The molecule has 0 saturated carbocycles. The monoisotopic (exact) mass is 474 g/mol. The van der Waals surface area contributed by atoms with Gasteiger partial charge < -0.3 is 9.64 Å². The van der Waals surface area contributed by atoms with Gasteiger partial charge >= 0.3 is 0 Å². The molecule has 2 aromatic rings. The zero-order valence-electron chi connectivity index (χ0n) is 18.9. The Bertz CT molecular complexity index is 945. The van der Waals surface area contributed by atoms with E-state index in [4.69, 9.17) is 4.74 Å². The molecule has 32 heavy (non-hydrogen) atoms. The maximum absolute atomic E-state index is 12.6. The van der Waals surface area contributed by atoms with Crippen LogP contribution in [0.3, 0.4) is 0 Å². The summed E-state index contributed by atoms with van der Waals surface area (Å²) in [6.07, 6.45) is 7.39. The number of thioether (sulfide) groups is 1. The topological polar surface area (TPSA) is 83.9 Å². The van der Waals surface area contributed by atoms with Gasteiger partial charge in [-0.05, 0) is 73.9 Å². The van der Waals surface area contributed by atoms with Crippen LogP contribution in [0.15, 0.2) is 53.0 Å². The number of ether oxygens (including phenoxy) is 1. The van der Waals surface area contributed by atoms with Crippen molar-refractivity contribution in [2.24, 2.45) is 4.99 Å². The second-order valence-corrected chi connectivity index (χ2v) is 8.73. The number of aliphatic imine (C=N–C) groups is 1. The minimum atomic E-state index is -1.07. The summed E-state index contributed by atoms with van der Waals surface area (Å²) in [6, 6.07) is 11.3. The van der Waals surface area contributed by atoms with Crippen molar-refractivity contribution < 1.29 is 13.7 Å². The molecule has 0 radical (unpaired) electrons. The highest BCUT2D eigenvalue weighted by Gasteiger charge is 2.12. The van der Waals surface area contributed by atoms with E-state index < -0.39 is 11.0 Å². The predicted molar refractivity (Wildman–Crippen MR) is 134 cm³/mol. The Kier molecular flexibility index (Phi) is 11.1. The summed E-state index contributed by atoms with van der Waals surface area (Å²) in [5, 5.41) is 2.02. The zero-order valence-corrected chi connectivity index (χ0v) is 20.5. The fraction of sp³-hybridized carbons (Fsp3) is 0.348. The van der Waals surface area contributed by atoms with E-state index in [1.54, 1.807) is 36.5 Å². The molecule has 2 rings (SSSR count). The molecule has 0 aliphatic carbocycles. The Balaban J connectivity index is 2.26. The maximum atomic E-state index is 12.6. The highest BCUT2D eigenvalue weighted by atomic mass is 32.2. The van der Waals surface area contributed by atoms with E-state index in [1.165, 1.54) is 6.20 Å². The number of nitrogens with one attached hydrogen (secondary N) is 1. The van der Waals surface area contributed by atoms with Gasteiger partial charge in [-0.25, -0.2) is 8.93 Å². The van der Waals surface area contributed by atoms with Crippen molar-refractivity contribution in [1.82, 2.24) is 14.6 Å². The first-order valence-corrected chi connectivity index (χ1v) is 13.1. The number of pyridine rings is 1. The Labute approximate surface area is 197 Å². The van der Waals surface area contributed by atoms with Crippen LogP contribution in [0.1, 0.15) is 35.0 Å². The number of hydrogen-bond acceptors (Lipinski definition) is 5. The lowest BCUT2D eigenvalue weighted by molar-refractivity contribution is 0.100. The van der Waals surface area contributed by atoms with E-state index in [0.717, 1.165) is 22.7 Å². The van der Waals surface area contributed by atoms with Gasteiger partial charge in [-0.2, -0.15) is 4.99 Å². The number of rotatable bonds is 12. The van der Waals surface area contributed by atoms with Gasteiger partial charge in [0.1, 0.15) is 5.75 Å². The third kappa shape index (κ3) is 8.57. The Hall–Kier alpha value is -2.49. The van der Waals surface area contributed by atoms with Crippen LogP contribution in [0.4, 0.5) is 0 Å². The van der Waals surface area contributed by atoms with Crippen LogP contribution >= 0.6 is 11.8 Å². The lowest BCUT2D eigenvalue weighted by atomic mass is 10.1. The van der Waals surface area contributed by atoms with Crippen LogP contribution in [0.2, 0.25) is 0 Å². The molecule has 0 spiro atoms. The molecule has 0 fully saturated rings. The largest absolute Gasteiger partial charge is 0.494 e. The number of aromatic nitrogens is 1. The molecule has 1 unspecified atom stereocenters. The molecule has 1 N–H and O–H groups in total. The van der Waals surface area contributed by atoms with Crippen molar-refractivity contribution in [3.8, 4) is 5.75 Å². The van der Waals surface area contributed by atoms with Gasteiger partial charge in [0.15, 0.2) is 0 Å². The molecule has 1 atom stereocenters. The summed E-state index contributed by atoms with van der Waals surface area (Å²) in [7, 11) is -1.07. The average molecular weight is 475 g/mol. The van der Waals surface area contributed by atoms with Crippen molar-refractivity contribution in [2.75, 3.05) is 32.2 Å². The predicted octanol–water partition coefficient (Wildman–Crippen LogP) is 3.89. The van der Waals surface area contributed by atoms with Gasteiger partial charge in [-0.1, -0.05) is 0 Å². The summed E-state index contributed by atoms with van der Waals surface area (Å²) in [5.41, 5.74) is 3.17. The normalized spacial score (nSPS) is 12.7. The smallest absolute Gasteiger partial charge is 0.279 e. The third-order valence-electron chi connectivity index (χ3n) is 4.35. The van der Waals surface area contributed by atoms with Crippen molar-refractivity contribution in [3.63, 3.8) is 0 Å². The number of hydrogen-bond donors (Lipinski definition) is 1. The molecule has 1 aromatic heterocycles. The van der Waals surface area contributed by atoms with Crippen molar-refractivity contribution in [3.05, 3.63) is 64.8 Å². The van der Waals surface area contributed by atoms with E-state index in [2.05, 4.69) is 14.7 Å².